The summed E-state index contributed by atoms with van der Waals surface area (Å²) in [5, 5.41) is 17.7. The van der Waals surface area contributed by atoms with Gasteiger partial charge in [0.2, 0.25) is 0 Å². The van der Waals surface area contributed by atoms with E-state index >= 15 is 0 Å². The summed E-state index contributed by atoms with van der Waals surface area (Å²) < 4.78 is 19.7. The summed E-state index contributed by atoms with van der Waals surface area (Å²) in [7, 11) is 0. The van der Waals surface area contributed by atoms with Crippen molar-refractivity contribution in [1.29, 1.82) is 0 Å². The molecule has 8 nitrogen and oxygen atoms in total. The van der Waals surface area contributed by atoms with Crippen LogP contribution in [-0.2, 0) is 6.73 Å². The SMILES string of the molecule is Cc1ccc(NC(=O)c2ccn(COc3ccc(F)cc3)n2)c([N+](=O)[O-])c1. The fourth-order valence-electron chi connectivity index (χ4n) is 2.31. The second-order valence-electron chi connectivity index (χ2n) is 5.70. The second kappa shape index (κ2) is 7.65. The molecule has 1 N–H and O–H groups in total. The van der Waals surface area contributed by atoms with E-state index in [9.17, 15) is 19.3 Å². The number of nitrogens with one attached hydrogen (secondary N) is 1. The predicted octanol–water partition coefficient (Wildman–Crippen LogP) is 3.53. The first-order valence-electron chi connectivity index (χ1n) is 7.90. The van der Waals surface area contributed by atoms with E-state index < -0.39 is 10.8 Å². The molecular formula is C18H15FN4O4. The van der Waals surface area contributed by atoms with Gasteiger partial charge in [-0.05, 0) is 48.9 Å². The van der Waals surface area contributed by atoms with Gasteiger partial charge in [-0.1, -0.05) is 6.07 Å². The van der Waals surface area contributed by atoms with Gasteiger partial charge in [-0.2, -0.15) is 5.10 Å². The Kier molecular flexibility index (Phi) is 5.11. The quantitative estimate of drug-likeness (QED) is 0.529. The van der Waals surface area contributed by atoms with Gasteiger partial charge in [0, 0.05) is 12.3 Å². The average molecular weight is 370 g/mol. The molecule has 0 bridgehead atoms. The van der Waals surface area contributed by atoms with E-state index in [0.29, 0.717) is 11.3 Å². The van der Waals surface area contributed by atoms with Crippen molar-refractivity contribution < 1.29 is 18.8 Å². The number of aryl methyl sites for hydroxylation is 1. The fraction of sp³-hybridized carbons (Fsp3) is 0.111. The topological polar surface area (TPSA) is 99.3 Å². The normalized spacial score (nSPS) is 10.4. The Balaban J connectivity index is 1.66. The van der Waals surface area contributed by atoms with Gasteiger partial charge < -0.3 is 10.1 Å². The summed E-state index contributed by atoms with van der Waals surface area (Å²) in [6.07, 6.45) is 1.53. The van der Waals surface area contributed by atoms with Crippen molar-refractivity contribution in [2.45, 2.75) is 13.7 Å². The van der Waals surface area contributed by atoms with Crippen LogP contribution in [0.15, 0.2) is 54.7 Å². The van der Waals surface area contributed by atoms with Crippen LogP contribution in [0.1, 0.15) is 16.1 Å². The maximum absolute atomic E-state index is 12.9. The molecule has 3 aromatic rings. The van der Waals surface area contributed by atoms with E-state index in [-0.39, 0.29) is 29.6 Å². The molecule has 0 aliphatic heterocycles. The van der Waals surface area contributed by atoms with Crippen LogP contribution in [0.2, 0.25) is 0 Å². The summed E-state index contributed by atoms with van der Waals surface area (Å²) in [5.41, 5.74) is 0.685. The van der Waals surface area contributed by atoms with Gasteiger partial charge in [0.1, 0.15) is 17.3 Å². The van der Waals surface area contributed by atoms with E-state index in [2.05, 4.69) is 10.4 Å². The van der Waals surface area contributed by atoms with Crippen molar-refractivity contribution in [2.24, 2.45) is 0 Å². The van der Waals surface area contributed by atoms with Crippen LogP contribution >= 0.6 is 0 Å². The third-order valence-corrected chi connectivity index (χ3v) is 3.65. The number of ether oxygens (including phenoxy) is 1. The molecule has 0 radical (unpaired) electrons. The maximum Gasteiger partial charge on any atom is 0.293 e. The van der Waals surface area contributed by atoms with Gasteiger partial charge in [0.05, 0.1) is 4.92 Å². The van der Waals surface area contributed by atoms with Crippen molar-refractivity contribution in [3.63, 3.8) is 0 Å². The van der Waals surface area contributed by atoms with Gasteiger partial charge in [-0.15, -0.1) is 0 Å². The number of anilines is 1. The largest absolute Gasteiger partial charge is 0.471 e. The lowest BCUT2D eigenvalue weighted by atomic mass is 10.2. The standard InChI is InChI=1S/C18H15FN4O4/c1-12-2-7-15(17(10-12)23(25)26)20-18(24)16-8-9-22(21-16)11-27-14-5-3-13(19)4-6-14/h2-10H,11H2,1H3,(H,20,24). The highest BCUT2D eigenvalue weighted by molar-refractivity contribution is 6.04. The van der Waals surface area contributed by atoms with Gasteiger partial charge in [-0.25, -0.2) is 9.07 Å². The summed E-state index contributed by atoms with van der Waals surface area (Å²) in [6, 6.07) is 11.5. The highest BCUT2D eigenvalue weighted by Gasteiger charge is 2.18. The number of nitro benzene ring substituents is 1. The van der Waals surface area contributed by atoms with E-state index in [1.54, 1.807) is 13.0 Å². The molecule has 0 atom stereocenters. The van der Waals surface area contributed by atoms with E-state index in [0.717, 1.165) is 0 Å². The molecule has 138 valence electrons. The number of carbonyl (C=O) groups is 1. The zero-order valence-electron chi connectivity index (χ0n) is 14.3. The van der Waals surface area contributed by atoms with Gasteiger partial charge >= 0.3 is 0 Å². The van der Waals surface area contributed by atoms with Crippen molar-refractivity contribution in [1.82, 2.24) is 9.78 Å². The lowest BCUT2D eigenvalue weighted by molar-refractivity contribution is -0.384. The lowest BCUT2D eigenvalue weighted by Crippen LogP contribution is -2.15. The Morgan fingerprint density at radius 2 is 2.00 bits per heavy atom. The molecule has 0 spiro atoms. The van der Waals surface area contributed by atoms with Crippen molar-refractivity contribution >= 4 is 17.3 Å². The van der Waals surface area contributed by atoms with Crippen LogP contribution in [0, 0.1) is 22.9 Å². The first-order chi connectivity index (χ1) is 12.9. The predicted molar refractivity (Wildman–Crippen MR) is 95.0 cm³/mol. The lowest BCUT2D eigenvalue weighted by Gasteiger charge is -2.06. The van der Waals surface area contributed by atoms with Crippen molar-refractivity contribution in [3.8, 4) is 5.75 Å². The highest BCUT2D eigenvalue weighted by atomic mass is 19.1. The smallest absolute Gasteiger partial charge is 0.293 e. The summed E-state index contributed by atoms with van der Waals surface area (Å²) in [6.45, 7) is 1.74. The molecule has 0 saturated heterocycles. The van der Waals surface area contributed by atoms with Crippen LogP contribution in [0.25, 0.3) is 0 Å². The fourth-order valence-corrected chi connectivity index (χ4v) is 2.31. The monoisotopic (exact) mass is 370 g/mol. The molecule has 9 heteroatoms. The molecule has 2 aromatic carbocycles. The number of halogens is 1. The van der Waals surface area contributed by atoms with Crippen molar-refractivity contribution in [3.05, 3.63) is 81.9 Å². The van der Waals surface area contributed by atoms with Crippen LogP contribution in [0.5, 0.6) is 5.75 Å². The number of amides is 1. The van der Waals surface area contributed by atoms with Crippen molar-refractivity contribution in [2.75, 3.05) is 5.32 Å². The first-order valence-corrected chi connectivity index (χ1v) is 7.90. The molecule has 1 aromatic heterocycles. The Hall–Kier alpha value is -3.75. The third kappa shape index (κ3) is 4.46. The van der Waals surface area contributed by atoms with Crippen LogP contribution in [0.3, 0.4) is 0 Å². The molecular weight excluding hydrogens is 355 g/mol. The third-order valence-electron chi connectivity index (χ3n) is 3.65. The van der Waals surface area contributed by atoms with E-state index in [4.69, 9.17) is 4.74 Å². The summed E-state index contributed by atoms with van der Waals surface area (Å²) in [4.78, 5) is 22.9. The maximum atomic E-state index is 12.9. The first kappa shape index (κ1) is 18.1. The molecule has 0 saturated carbocycles. The molecule has 0 aliphatic rings. The minimum Gasteiger partial charge on any atom is -0.471 e. The number of nitro groups is 1. The zero-order chi connectivity index (χ0) is 19.4. The van der Waals surface area contributed by atoms with Gasteiger partial charge in [0.15, 0.2) is 12.4 Å². The van der Waals surface area contributed by atoms with Crippen LogP contribution < -0.4 is 10.1 Å². The number of rotatable bonds is 6. The van der Waals surface area contributed by atoms with E-state index in [1.165, 1.54) is 53.3 Å². The summed E-state index contributed by atoms with van der Waals surface area (Å²) >= 11 is 0. The summed E-state index contributed by atoms with van der Waals surface area (Å²) in [5.74, 6) is -0.499. The average Bonchev–Trinajstić information content (AvgIpc) is 3.12. The molecule has 27 heavy (non-hydrogen) atoms. The minimum atomic E-state index is -0.581. The molecule has 0 aliphatic carbocycles. The van der Waals surface area contributed by atoms with Crippen LogP contribution in [0.4, 0.5) is 15.8 Å². The molecule has 3 rings (SSSR count). The molecule has 1 amide bonds. The minimum absolute atomic E-state index is 0.0175. The number of hydrogen-bond donors (Lipinski definition) is 1. The number of aromatic nitrogens is 2. The number of nitrogens with zero attached hydrogens (tertiary/aromatic N) is 3. The Morgan fingerprint density at radius 3 is 2.70 bits per heavy atom. The molecule has 0 fully saturated rings. The second-order valence-corrected chi connectivity index (χ2v) is 5.70. The number of benzene rings is 2. The Bertz CT molecular complexity index is 985. The van der Waals surface area contributed by atoms with Gasteiger partial charge in [-0.3, -0.25) is 14.9 Å². The Morgan fingerprint density at radius 1 is 1.26 bits per heavy atom. The molecule has 0 unspecified atom stereocenters. The number of carbonyl (C=O) groups excluding carboxylic acids is 1. The zero-order valence-corrected chi connectivity index (χ0v) is 14.3. The molecule has 1 heterocycles. The number of hydrogen-bond acceptors (Lipinski definition) is 5. The van der Waals surface area contributed by atoms with Crippen LogP contribution in [-0.4, -0.2) is 20.6 Å². The Labute approximate surface area is 153 Å². The van der Waals surface area contributed by atoms with Gasteiger partial charge in [0.25, 0.3) is 11.6 Å². The highest BCUT2D eigenvalue weighted by Crippen LogP contribution is 2.25. The van der Waals surface area contributed by atoms with E-state index in [1.807, 2.05) is 0 Å².